The third kappa shape index (κ3) is 2.79. The molecule has 0 aliphatic carbocycles. The smallest absolute Gasteiger partial charge is 0.197 e. The van der Waals surface area contributed by atoms with E-state index >= 15 is 0 Å². The maximum atomic E-state index is 9.71. The number of pyridine rings is 1. The van der Waals surface area contributed by atoms with E-state index in [1.165, 1.54) is 11.8 Å². The second kappa shape index (κ2) is 6.14. The standard InChI is InChI=1S/C18H17N7OS/c1-9-10(2)21-16-14(9)17(25-7-11(26)8-25)24-18(23-16)27-13-6-20-12-4-3-5-19-15(12)22-13/h3-6,11,26H,7-8H2,1-2H3,(H,21,23,24). The highest BCUT2D eigenvalue weighted by atomic mass is 32.2. The predicted molar refractivity (Wildman–Crippen MR) is 103 cm³/mol. The van der Waals surface area contributed by atoms with E-state index in [4.69, 9.17) is 4.98 Å². The molecule has 1 aliphatic rings. The van der Waals surface area contributed by atoms with Gasteiger partial charge in [0.15, 0.2) is 10.8 Å². The minimum atomic E-state index is -0.302. The number of aliphatic hydroxyl groups excluding tert-OH is 1. The van der Waals surface area contributed by atoms with Gasteiger partial charge in [-0.25, -0.2) is 19.9 Å². The average Bonchev–Trinajstić information content (AvgIpc) is 2.92. The molecule has 0 amide bonds. The lowest BCUT2D eigenvalue weighted by Crippen LogP contribution is -2.51. The second-order valence-corrected chi connectivity index (χ2v) is 7.63. The Bertz CT molecular complexity index is 1170. The first-order chi connectivity index (χ1) is 13.1. The normalized spacial score (nSPS) is 14.9. The van der Waals surface area contributed by atoms with Crippen LogP contribution in [0.15, 0.2) is 34.7 Å². The summed E-state index contributed by atoms with van der Waals surface area (Å²) in [6, 6.07) is 3.72. The molecule has 0 radical (unpaired) electrons. The van der Waals surface area contributed by atoms with Crippen LogP contribution in [0.1, 0.15) is 11.3 Å². The molecule has 0 unspecified atom stereocenters. The van der Waals surface area contributed by atoms with E-state index in [9.17, 15) is 5.11 Å². The SMILES string of the molecule is Cc1[nH]c2nc(Sc3cnc4cccnc4n3)nc(N3CC(O)C3)c2c1C. The second-order valence-electron chi connectivity index (χ2n) is 6.64. The van der Waals surface area contributed by atoms with Crippen LogP contribution in [-0.4, -0.2) is 54.2 Å². The molecule has 5 rings (SSSR count). The summed E-state index contributed by atoms with van der Waals surface area (Å²) in [5.41, 5.74) is 4.35. The molecule has 1 fully saturated rings. The van der Waals surface area contributed by atoms with E-state index in [0.29, 0.717) is 28.9 Å². The lowest BCUT2D eigenvalue weighted by atomic mass is 10.1. The van der Waals surface area contributed by atoms with Crippen LogP contribution >= 0.6 is 11.8 Å². The molecule has 0 bridgehead atoms. The Hall–Kier alpha value is -2.78. The molecule has 0 spiro atoms. The molecule has 0 atom stereocenters. The number of anilines is 1. The van der Waals surface area contributed by atoms with Gasteiger partial charge in [-0.2, -0.15) is 0 Å². The summed E-state index contributed by atoms with van der Waals surface area (Å²) in [6.45, 7) is 5.25. The van der Waals surface area contributed by atoms with Gasteiger partial charge in [-0.05, 0) is 43.3 Å². The maximum Gasteiger partial charge on any atom is 0.197 e. The summed E-state index contributed by atoms with van der Waals surface area (Å²) in [7, 11) is 0. The summed E-state index contributed by atoms with van der Waals surface area (Å²) >= 11 is 1.35. The topological polar surface area (TPSA) is 104 Å². The number of aliphatic hydroxyl groups is 1. The Kier molecular flexibility index (Phi) is 3.73. The number of H-pyrrole nitrogens is 1. The highest BCUT2D eigenvalue weighted by Crippen LogP contribution is 2.34. The van der Waals surface area contributed by atoms with Crippen LogP contribution in [0.25, 0.3) is 22.2 Å². The van der Waals surface area contributed by atoms with Crippen LogP contribution in [0, 0.1) is 13.8 Å². The van der Waals surface area contributed by atoms with Crippen molar-refractivity contribution in [1.82, 2.24) is 29.9 Å². The van der Waals surface area contributed by atoms with E-state index in [-0.39, 0.29) is 6.10 Å². The quantitative estimate of drug-likeness (QED) is 0.522. The van der Waals surface area contributed by atoms with Crippen molar-refractivity contribution < 1.29 is 5.11 Å². The Balaban J connectivity index is 1.58. The average molecular weight is 379 g/mol. The summed E-state index contributed by atoms with van der Waals surface area (Å²) in [6.07, 6.45) is 3.11. The van der Waals surface area contributed by atoms with Gasteiger partial charge < -0.3 is 15.0 Å². The first kappa shape index (κ1) is 16.4. The Morgan fingerprint density at radius 1 is 1.19 bits per heavy atom. The molecule has 4 aromatic heterocycles. The van der Waals surface area contributed by atoms with Crippen LogP contribution in [-0.2, 0) is 0 Å². The minimum Gasteiger partial charge on any atom is -0.389 e. The van der Waals surface area contributed by atoms with E-state index in [1.54, 1.807) is 12.4 Å². The molecule has 5 heterocycles. The van der Waals surface area contributed by atoms with Crippen LogP contribution in [0.5, 0.6) is 0 Å². The lowest BCUT2D eigenvalue weighted by molar-refractivity contribution is 0.141. The van der Waals surface area contributed by atoms with E-state index in [0.717, 1.165) is 33.6 Å². The maximum absolute atomic E-state index is 9.71. The lowest BCUT2D eigenvalue weighted by Gasteiger charge is -2.37. The van der Waals surface area contributed by atoms with Crippen molar-refractivity contribution in [1.29, 1.82) is 0 Å². The molecule has 27 heavy (non-hydrogen) atoms. The van der Waals surface area contributed by atoms with Gasteiger partial charge in [0.2, 0.25) is 0 Å². The third-order valence-corrected chi connectivity index (χ3v) is 5.54. The third-order valence-electron chi connectivity index (χ3n) is 4.77. The van der Waals surface area contributed by atoms with Gasteiger partial charge in [-0.1, -0.05) is 0 Å². The van der Waals surface area contributed by atoms with Crippen molar-refractivity contribution in [2.24, 2.45) is 0 Å². The summed E-state index contributed by atoms with van der Waals surface area (Å²) in [5, 5.41) is 12.0. The first-order valence-electron chi connectivity index (χ1n) is 8.64. The van der Waals surface area contributed by atoms with Gasteiger partial charge in [0.05, 0.1) is 17.7 Å². The summed E-state index contributed by atoms with van der Waals surface area (Å²) in [4.78, 5) is 28.0. The van der Waals surface area contributed by atoms with Crippen LogP contribution in [0.2, 0.25) is 0 Å². The fourth-order valence-corrected chi connectivity index (χ4v) is 3.90. The number of nitrogens with one attached hydrogen (secondary N) is 1. The van der Waals surface area contributed by atoms with Crippen molar-refractivity contribution >= 4 is 39.8 Å². The molecule has 2 N–H and O–H groups in total. The zero-order chi connectivity index (χ0) is 18.5. The number of aromatic amines is 1. The molecule has 136 valence electrons. The molecule has 9 heteroatoms. The molecular weight excluding hydrogens is 362 g/mol. The highest BCUT2D eigenvalue weighted by molar-refractivity contribution is 7.99. The van der Waals surface area contributed by atoms with E-state index in [1.807, 2.05) is 19.1 Å². The molecule has 0 aromatic carbocycles. The monoisotopic (exact) mass is 379 g/mol. The van der Waals surface area contributed by atoms with Gasteiger partial charge in [-0.3, -0.25) is 4.98 Å². The molecule has 0 saturated carbocycles. The fraction of sp³-hybridized carbons (Fsp3) is 0.278. The summed E-state index contributed by atoms with van der Waals surface area (Å²) in [5.74, 6) is 0.849. The van der Waals surface area contributed by atoms with Crippen LogP contribution in [0.3, 0.4) is 0 Å². The Morgan fingerprint density at radius 2 is 2.04 bits per heavy atom. The number of hydrogen-bond acceptors (Lipinski definition) is 8. The Labute approximate surface area is 159 Å². The van der Waals surface area contributed by atoms with Gasteiger partial charge in [0.1, 0.15) is 22.0 Å². The number of aryl methyl sites for hydroxylation is 2. The molecular formula is C18H17N7OS. The molecule has 1 aliphatic heterocycles. The number of aromatic nitrogens is 6. The van der Waals surface area contributed by atoms with Gasteiger partial charge in [0, 0.05) is 25.0 Å². The van der Waals surface area contributed by atoms with Crippen molar-refractivity contribution in [3.8, 4) is 0 Å². The molecule has 8 nitrogen and oxygen atoms in total. The van der Waals surface area contributed by atoms with Crippen molar-refractivity contribution in [3.05, 3.63) is 35.8 Å². The van der Waals surface area contributed by atoms with E-state index < -0.39 is 0 Å². The number of fused-ring (bicyclic) bond motifs is 2. The summed E-state index contributed by atoms with van der Waals surface area (Å²) < 4.78 is 0. The first-order valence-corrected chi connectivity index (χ1v) is 9.45. The number of nitrogens with zero attached hydrogens (tertiary/aromatic N) is 6. The largest absolute Gasteiger partial charge is 0.389 e. The highest BCUT2D eigenvalue weighted by Gasteiger charge is 2.29. The molecule has 1 saturated heterocycles. The van der Waals surface area contributed by atoms with E-state index in [2.05, 4.69) is 36.7 Å². The number of rotatable bonds is 3. The number of β-amino-alcohol motifs (C(OH)–C–C–N with tert-alkyl or cyclic N) is 1. The fourth-order valence-electron chi connectivity index (χ4n) is 3.20. The minimum absolute atomic E-state index is 0.302. The molecule has 4 aromatic rings. The predicted octanol–water partition coefficient (Wildman–Crippen LogP) is 2.25. The van der Waals surface area contributed by atoms with Crippen LogP contribution in [0.4, 0.5) is 5.82 Å². The van der Waals surface area contributed by atoms with Gasteiger partial charge in [-0.15, -0.1) is 0 Å². The van der Waals surface area contributed by atoms with Crippen molar-refractivity contribution in [2.75, 3.05) is 18.0 Å². The van der Waals surface area contributed by atoms with Crippen molar-refractivity contribution in [3.63, 3.8) is 0 Å². The Morgan fingerprint density at radius 3 is 2.85 bits per heavy atom. The zero-order valence-electron chi connectivity index (χ0n) is 14.8. The van der Waals surface area contributed by atoms with Crippen LogP contribution < -0.4 is 4.90 Å². The van der Waals surface area contributed by atoms with Gasteiger partial charge in [0.25, 0.3) is 0 Å². The number of hydrogen-bond donors (Lipinski definition) is 2. The van der Waals surface area contributed by atoms with Crippen molar-refractivity contribution in [2.45, 2.75) is 30.1 Å². The van der Waals surface area contributed by atoms with Gasteiger partial charge >= 0.3 is 0 Å². The zero-order valence-corrected chi connectivity index (χ0v) is 15.7.